The summed E-state index contributed by atoms with van der Waals surface area (Å²) in [6.45, 7) is 4.28. The van der Waals surface area contributed by atoms with Crippen LogP contribution < -0.4 is 5.32 Å². The third-order valence-corrected chi connectivity index (χ3v) is 3.87. The van der Waals surface area contributed by atoms with E-state index in [9.17, 15) is 8.78 Å². The summed E-state index contributed by atoms with van der Waals surface area (Å²) in [5.41, 5.74) is 0.812. The van der Waals surface area contributed by atoms with Crippen molar-refractivity contribution in [1.29, 1.82) is 0 Å². The molecule has 0 heterocycles. The lowest BCUT2D eigenvalue weighted by Crippen LogP contribution is -2.35. The molecule has 1 saturated carbocycles. The first-order valence-electron chi connectivity index (χ1n) is 6.77. The standard InChI is InChI=1S/C15H21F2N/c1-10-4-3-5-13(8-10)18-11(2)12-6-7-14(16)15(17)9-12/h6-7,9-11,13,18H,3-5,8H2,1-2H3. The second-order valence-corrected chi connectivity index (χ2v) is 5.53. The summed E-state index contributed by atoms with van der Waals surface area (Å²) >= 11 is 0. The molecular formula is C15H21F2N. The normalized spacial score (nSPS) is 26.0. The van der Waals surface area contributed by atoms with Gasteiger partial charge in [-0.2, -0.15) is 0 Å². The molecule has 3 heteroatoms. The molecule has 0 bridgehead atoms. The van der Waals surface area contributed by atoms with Gasteiger partial charge in [-0.15, -0.1) is 0 Å². The lowest BCUT2D eigenvalue weighted by molar-refractivity contribution is 0.285. The molecule has 1 aromatic rings. The maximum Gasteiger partial charge on any atom is 0.159 e. The van der Waals surface area contributed by atoms with Gasteiger partial charge in [0.15, 0.2) is 11.6 Å². The molecule has 1 fully saturated rings. The molecule has 0 aromatic heterocycles. The summed E-state index contributed by atoms with van der Waals surface area (Å²) in [7, 11) is 0. The molecule has 0 amide bonds. The van der Waals surface area contributed by atoms with E-state index < -0.39 is 11.6 Å². The summed E-state index contributed by atoms with van der Waals surface area (Å²) in [5.74, 6) is -0.788. The molecule has 1 N–H and O–H groups in total. The summed E-state index contributed by atoms with van der Waals surface area (Å²) in [6.07, 6.45) is 4.91. The Morgan fingerprint density at radius 3 is 2.67 bits per heavy atom. The fraction of sp³-hybridized carbons (Fsp3) is 0.600. The minimum Gasteiger partial charge on any atom is -0.307 e. The van der Waals surface area contributed by atoms with Gasteiger partial charge < -0.3 is 5.32 Å². The number of rotatable bonds is 3. The van der Waals surface area contributed by atoms with Crippen LogP contribution in [0.15, 0.2) is 18.2 Å². The van der Waals surface area contributed by atoms with Gasteiger partial charge in [-0.3, -0.25) is 0 Å². The minimum atomic E-state index is -0.780. The van der Waals surface area contributed by atoms with Crippen molar-refractivity contribution < 1.29 is 8.78 Å². The molecule has 18 heavy (non-hydrogen) atoms. The number of halogens is 2. The van der Waals surface area contributed by atoms with Crippen LogP contribution in [0.1, 0.15) is 51.1 Å². The summed E-state index contributed by atoms with van der Waals surface area (Å²) < 4.78 is 26.1. The minimum absolute atomic E-state index is 0.0652. The highest BCUT2D eigenvalue weighted by Crippen LogP contribution is 2.26. The second kappa shape index (κ2) is 5.79. The van der Waals surface area contributed by atoms with Crippen molar-refractivity contribution in [2.45, 2.75) is 51.6 Å². The Hall–Kier alpha value is -0.960. The van der Waals surface area contributed by atoms with Gasteiger partial charge in [0.1, 0.15) is 0 Å². The highest BCUT2D eigenvalue weighted by molar-refractivity contribution is 5.20. The van der Waals surface area contributed by atoms with E-state index in [2.05, 4.69) is 12.2 Å². The molecule has 0 aliphatic heterocycles. The molecule has 2 rings (SSSR count). The fourth-order valence-corrected chi connectivity index (χ4v) is 2.82. The van der Waals surface area contributed by atoms with Crippen molar-refractivity contribution in [2.75, 3.05) is 0 Å². The monoisotopic (exact) mass is 253 g/mol. The van der Waals surface area contributed by atoms with E-state index in [-0.39, 0.29) is 6.04 Å². The Morgan fingerprint density at radius 2 is 2.00 bits per heavy atom. The summed E-state index contributed by atoms with van der Waals surface area (Å²) in [5, 5.41) is 3.52. The van der Waals surface area contributed by atoms with Crippen LogP contribution in [0.2, 0.25) is 0 Å². The third kappa shape index (κ3) is 3.29. The van der Waals surface area contributed by atoms with Crippen LogP contribution in [-0.4, -0.2) is 6.04 Å². The first-order valence-corrected chi connectivity index (χ1v) is 6.77. The first kappa shape index (κ1) is 13.5. The zero-order valence-electron chi connectivity index (χ0n) is 11.0. The Bertz CT molecular complexity index is 405. The van der Waals surface area contributed by atoms with Gasteiger partial charge in [0.25, 0.3) is 0 Å². The van der Waals surface area contributed by atoms with Crippen molar-refractivity contribution in [3.63, 3.8) is 0 Å². The molecular weight excluding hydrogens is 232 g/mol. The van der Waals surface area contributed by atoms with Crippen molar-refractivity contribution in [2.24, 2.45) is 5.92 Å². The van der Waals surface area contributed by atoms with Crippen LogP contribution in [0.4, 0.5) is 8.78 Å². The highest BCUT2D eigenvalue weighted by atomic mass is 19.2. The van der Waals surface area contributed by atoms with E-state index in [1.54, 1.807) is 6.07 Å². The van der Waals surface area contributed by atoms with Crippen LogP contribution >= 0.6 is 0 Å². The quantitative estimate of drug-likeness (QED) is 0.851. The molecule has 1 aromatic carbocycles. The average Bonchev–Trinajstić information content (AvgIpc) is 2.32. The van der Waals surface area contributed by atoms with Crippen LogP contribution in [0.5, 0.6) is 0 Å². The van der Waals surface area contributed by atoms with Crippen LogP contribution in [0.3, 0.4) is 0 Å². The van der Waals surface area contributed by atoms with Gasteiger partial charge in [0.05, 0.1) is 0 Å². The number of benzene rings is 1. The zero-order chi connectivity index (χ0) is 13.1. The van der Waals surface area contributed by atoms with Crippen molar-refractivity contribution in [1.82, 2.24) is 5.32 Å². The highest BCUT2D eigenvalue weighted by Gasteiger charge is 2.20. The molecule has 3 atom stereocenters. The predicted octanol–water partition coefficient (Wildman–Crippen LogP) is 4.19. The fourth-order valence-electron chi connectivity index (χ4n) is 2.82. The van der Waals surface area contributed by atoms with Crippen LogP contribution in [-0.2, 0) is 0 Å². The van der Waals surface area contributed by atoms with Crippen molar-refractivity contribution in [3.8, 4) is 0 Å². The molecule has 1 aliphatic rings. The largest absolute Gasteiger partial charge is 0.307 e. The number of hydrogen-bond donors (Lipinski definition) is 1. The average molecular weight is 253 g/mol. The SMILES string of the molecule is CC1CCCC(NC(C)c2ccc(F)c(F)c2)C1. The predicted molar refractivity (Wildman–Crippen MR) is 69.3 cm³/mol. The maximum atomic E-state index is 13.2. The molecule has 1 aliphatic carbocycles. The molecule has 3 unspecified atom stereocenters. The molecule has 0 spiro atoms. The topological polar surface area (TPSA) is 12.0 Å². The van der Waals surface area contributed by atoms with E-state index in [1.165, 1.54) is 37.8 Å². The van der Waals surface area contributed by atoms with Crippen LogP contribution in [0, 0.1) is 17.6 Å². The van der Waals surface area contributed by atoms with Gasteiger partial charge in [-0.25, -0.2) is 8.78 Å². The maximum absolute atomic E-state index is 13.2. The van der Waals surface area contributed by atoms with Gasteiger partial charge in [0, 0.05) is 12.1 Å². The van der Waals surface area contributed by atoms with Crippen molar-refractivity contribution in [3.05, 3.63) is 35.4 Å². The zero-order valence-corrected chi connectivity index (χ0v) is 11.0. The van der Waals surface area contributed by atoms with Crippen LogP contribution in [0.25, 0.3) is 0 Å². The number of hydrogen-bond acceptors (Lipinski definition) is 1. The van der Waals surface area contributed by atoms with Gasteiger partial charge in [-0.05, 0) is 43.4 Å². The summed E-state index contributed by atoms with van der Waals surface area (Å²) in [6, 6.07) is 4.71. The molecule has 100 valence electrons. The van der Waals surface area contributed by atoms with Crippen molar-refractivity contribution >= 4 is 0 Å². The van der Waals surface area contributed by atoms with Gasteiger partial charge in [0.2, 0.25) is 0 Å². The lowest BCUT2D eigenvalue weighted by atomic mass is 9.86. The third-order valence-electron chi connectivity index (χ3n) is 3.87. The Kier molecular flexibility index (Phi) is 4.33. The van der Waals surface area contributed by atoms with E-state index in [4.69, 9.17) is 0 Å². The van der Waals surface area contributed by atoms with E-state index in [1.807, 2.05) is 6.92 Å². The Labute approximate surface area is 108 Å². The van der Waals surface area contributed by atoms with E-state index in [0.29, 0.717) is 6.04 Å². The van der Waals surface area contributed by atoms with Gasteiger partial charge in [-0.1, -0.05) is 25.8 Å². The first-order chi connectivity index (χ1) is 8.56. The Balaban J connectivity index is 1.98. The molecule has 1 nitrogen and oxygen atoms in total. The lowest BCUT2D eigenvalue weighted by Gasteiger charge is -2.30. The summed E-state index contributed by atoms with van der Waals surface area (Å²) in [4.78, 5) is 0. The van der Waals surface area contributed by atoms with Gasteiger partial charge >= 0.3 is 0 Å². The van der Waals surface area contributed by atoms with E-state index in [0.717, 1.165) is 11.5 Å². The van der Waals surface area contributed by atoms with E-state index >= 15 is 0 Å². The number of nitrogens with one attached hydrogen (secondary N) is 1. The molecule has 0 saturated heterocycles. The molecule has 0 radical (unpaired) electrons. The Morgan fingerprint density at radius 1 is 1.22 bits per heavy atom. The second-order valence-electron chi connectivity index (χ2n) is 5.53. The smallest absolute Gasteiger partial charge is 0.159 e.